The highest BCUT2D eigenvalue weighted by Crippen LogP contribution is 2.43. The van der Waals surface area contributed by atoms with Gasteiger partial charge in [-0.05, 0) is 12.8 Å². The van der Waals surface area contributed by atoms with Crippen molar-refractivity contribution in [1.29, 1.82) is 0 Å². The summed E-state index contributed by atoms with van der Waals surface area (Å²) in [5.41, 5.74) is 0. The summed E-state index contributed by atoms with van der Waals surface area (Å²) >= 11 is 0. The Labute approximate surface area is 98.2 Å². The fourth-order valence-corrected chi connectivity index (χ4v) is 2.70. The largest absolute Gasteiger partial charge is 0.469 e. The summed E-state index contributed by atoms with van der Waals surface area (Å²) in [6.45, 7) is 0. The first kappa shape index (κ1) is 11.9. The third-order valence-electron chi connectivity index (χ3n) is 3.50. The molecule has 1 aliphatic carbocycles. The van der Waals surface area contributed by atoms with Gasteiger partial charge in [0.2, 0.25) is 0 Å². The molecule has 2 aliphatic heterocycles. The Hall–Kier alpha value is -1.59. The number of fused-ring (bicyclic) bond motifs is 3. The van der Waals surface area contributed by atoms with E-state index in [1.807, 2.05) is 0 Å². The zero-order valence-electron chi connectivity index (χ0n) is 9.67. The lowest BCUT2D eigenvalue weighted by atomic mass is 9.68. The van der Waals surface area contributed by atoms with Crippen LogP contribution in [0.3, 0.4) is 0 Å². The molecule has 0 aromatic heterocycles. The average Bonchev–Trinajstić information content (AvgIpc) is 2.36. The van der Waals surface area contributed by atoms with Gasteiger partial charge in [-0.2, -0.15) is 0 Å². The number of esters is 3. The number of rotatable bonds is 2. The quantitative estimate of drug-likeness (QED) is 0.497. The maximum absolute atomic E-state index is 11.7. The number of carbonyl (C=O) groups is 3. The van der Waals surface area contributed by atoms with Crippen molar-refractivity contribution in [3.8, 4) is 0 Å². The van der Waals surface area contributed by atoms with Crippen molar-refractivity contribution >= 4 is 17.9 Å². The smallest absolute Gasteiger partial charge is 0.313 e. The number of methoxy groups -OCH3 is 2. The summed E-state index contributed by atoms with van der Waals surface area (Å²) in [5.74, 6) is -3.58. The van der Waals surface area contributed by atoms with E-state index in [4.69, 9.17) is 4.74 Å². The number of ether oxygens (including phenoxy) is 3. The van der Waals surface area contributed by atoms with E-state index in [0.29, 0.717) is 12.8 Å². The van der Waals surface area contributed by atoms with Crippen molar-refractivity contribution in [2.45, 2.75) is 18.9 Å². The molecule has 3 fully saturated rings. The Morgan fingerprint density at radius 1 is 1.12 bits per heavy atom. The molecular formula is C11H14O6. The van der Waals surface area contributed by atoms with Gasteiger partial charge >= 0.3 is 17.9 Å². The van der Waals surface area contributed by atoms with Crippen LogP contribution in [0.25, 0.3) is 0 Å². The second kappa shape index (κ2) is 4.35. The standard InChI is InChI=1S/C11H14O6/c1-15-10(13)7-5-3-4-6(17-9(5)12)8(7)11(14)16-2/h5-8H,3-4H2,1-2H3/t5-,6+,7+,8-/m1/s1. The Bertz CT molecular complexity index is 363. The molecule has 6 nitrogen and oxygen atoms in total. The van der Waals surface area contributed by atoms with Crippen LogP contribution in [0.2, 0.25) is 0 Å². The SMILES string of the molecule is COC(=O)[C@@H]1[C@H](C(=O)OC)[C@@H]2CC[C@H]1C(=O)O2. The number of hydrogen-bond donors (Lipinski definition) is 0. The van der Waals surface area contributed by atoms with Crippen molar-refractivity contribution in [3.63, 3.8) is 0 Å². The molecular weight excluding hydrogens is 228 g/mol. The van der Waals surface area contributed by atoms with Gasteiger partial charge in [-0.15, -0.1) is 0 Å². The minimum absolute atomic E-state index is 0.420. The van der Waals surface area contributed by atoms with Crippen molar-refractivity contribution < 1.29 is 28.6 Å². The Kier molecular flexibility index (Phi) is 3.04. The molecule has 2 bridgehead atoms. The minimum atomic E-state index is -0.771. The molecule has 0 radical (unpaired) electrons. The van der Waals surface area contributed by atoms with Crippen molar-refractivity contribution in [3.05, 3.63) is 0 Å². The molecule has 0 spiro atoms. The Morgan fingerprint density at radius 3 is 2.24 bits per heavy atom. The first-order chi connectivity index (χ1) is 8.10. The van der Waals surface area contributed by atoms with Crippen LogP contribution in [0.15, 0.2) is 0 Å². The lowest BCUT2D eigenvalue weighted by molar-refractivity contribution is -0.199. The molecule has 94 valence electrons. The fraction of sp³-hybridized carbons (Fsp3) is 0.727. The lowest BCUT2D eigenvalue weighted by Crippen LogP contribution is -2.56. The molecule has 0 aromatic rings. The summed E-state index contributed by atoms with van der Waals surface area (Å²) < 4.78 is 14.4. The molecule has 3 rings (SSSR count). The van der Waals surface area contributed by atoms with Crippen LogP contribution in [0, 0.1) is 17.8 Å². The Morgan fingerprint density at radius 2 is 1.71 bits per heavy atom. The first-order valence-electron chi connectivity index (χ1n) is 5.46. The zero-order valence-corrected chi connectivity index (χ0v) is 9.67. The second-order valence-corrected chi connectivity index (χ2v) is 4.26. The summed E-state index contributed by atoms with van der Waals surface area (Å²) in [5, 5.41) is 0. The summed E-state index contributed by atoms with van der Waals surface area (Å²) in [7, 11) is 2.49. The molecule has 0 aromatic carbocycles. The molecule has 0 unspecified atom stereocenters. The Balaban J connectivity index is 2.32. The van der Waals surface area contributed by atoms with Gasteiger partial charge in [-0.1, -0.05) is 0 Å². The molecule has 1 saturated carbocycles. The lowest BCUT2D eigenvalue weighted by Gasteiger charge is -2.43. The molecule has 3 aliphatic rings. The van der Waals surface area contributed by atoms with Crippen LogP contribution in [0.1, 0.15) is 12.8 Å². The van der Waals surface area contributed by atoms with E-state index in [0.717, 1.165) is 0 Å². The van der Waals surface area contributed by atoms with Gasteiger partial charge in [0.05, 0.1) is 26.1 Å². The van der Waals surface area contributed by atoms with Crippen LogP contribution < -0.4 is 0 Å². The zero-order chi connectivity index (χ0) is 12.6. The summed E-state index contributed by atoms with van der Waals surface area (Å²) in [6, 6.07) is 0. The third-order valence-corrected chi connectivity index (χ3v) is 3.50. The molecule has 2 saturated heterocycles. The van der Waals surface area contributed by atoms with Gasteiger partial charge in [0.15, 0.2) is 0 Å². The van der Waals surface area contributed by atoms with E-state index in [1.54, 1.807) is 0 Å². The van der Waals surface area contributed by atoms with Gasteiger partial charge in [0, 0.05) is 0 Å². The maximum Gasteiger partial charge on any atom is 0.313 e. The molecule has 17 heavy (non-hydrogen) atoms. The predicted octanol–water partition coefficient (Wildman–Crippen LogP) is -0.0998. The van der Waals surface area contributed by atoms with E-state index >= 15 is 0 Å². The third kappa shape index (κ3) is 1.77. The summed E-state index contributed by atoms with van der Waals surface area (Å²) in [6.07, 6.45) is 0.574. The van der Waals surface area contributed by atoms with Crippen LogP contribution in [0.4, 0.5) is 0 Å². The van der Waals surface area contributed by atoms with Crippen molar-refractivity contribution in [1.82, 2.24) is 0 Å². The minimum Gasteiger partial charge on any atom is -0.469 e. The number of hydrogen-bond acceptors (Lipinski definition) is 6. The molecule has 4 atom stereocenters. The van der Waals surface area contributed by atoms with E-state index < -0.39 is 41.8 Å². The molecule has 2 heterocycles. The summed E-state index contributed by atoms with van der Waals surface area (Å²) in [4.78, 5) is 34.9. The molecule has 0 N–H and O–H groups in total. The van der Waals surface area contributed by atoms with Crippen LogP contribution in [0.5, 0.6) is 0 Å². The van der Waals surface area contributed by atoms with Gasteiger partial charge in [-0.25, -0.2) is 0 Å². The van der Waals surface area contributed by atoms with E-state index in [-0.39, 0.29) is 0 Å². The number of carbonyl (C=O) groups excluding carboxylic acids is 3. The topological polar surface area (TPSA) is 78.9 Å². The molecule has 6 heteroatoms. The maximum atomic E-state index is 11.7. The van der Waals surface area contributed by atoms with E-state index in [9.17, 15) is 14.4 Å². The van der Waals surface area contributed by atoms with Crippen LogP contribution in [-0.2, 0) is 28.6 Å². The normalized spacial score (nSPS) is 35.1. The van der Waals surface area contributed by atoms with Crippen molar-refractivity contribution in [2.75, 3.05) is 14.2 Å². The second-order valence-electron chi connectivity index (χ2n) is 4.26. The highest BCUT2D eigenvalue weighted by atomic mass is 16.6. The fourth-order valence-electron chi connectivity index (χ4n) is 2.70. The van der Waals surface area contributed by atoms with Gasteiger partial charge in [0.25, 0.3) is 0 Å². The van der Waals surface area contributed by atoms with E-state index in [2.05, 4.69) is 9.47 Å². The van der Waals surface area contributed by atoms with Gasteiger partial charge in [0.1, 0.15) is 12.0 Å². The van der Waals surface area contributed by atoms with Crippen LogP contribution in [-0.4, -0.2) is 38.2 Å². The monoisotopic (exact) mass is 242 g/mol. The predicted molar refractivity (Wildman–Crippen MR) is 53.6 cm³/mol. The van der Waals surface area contributed by atoms with Crippen molar-refractivity contribution in [2.24, 2.45) is 17.8 Å². The van der Waals surface area contributed by atoms with E-state index in [1.165, 1.54) is 14.2 Å². The van der Waals surface area contributed by atoms with Gasteiger partial charge in [-0.3, -0.25) is 14.4 Å². The average molecular weight is 242 g/mol. The van der Waals surface area contributed by atoms with Crippen LogP contribution >= 0.6 is 0 Å². The molecule has 0 amide bonds. The highest BCUT2D eigenvalue weighted by Gasteiger charge is 2.57. The highest BCUT2D eigenvalue weighted by molar-refractivity contribution is 5.90. The first-order valence-corrected chi connectivity index (χ1v) is 5.46. The van der Waals surface area contributed by atoms with Gasteiger partial charge < -0.3 is 14.2 Å².